The van der Waals surface area contributed by atoms with Gasteiger partial charge in [0.25, 0.3) is 0 Å². The fourth-order valence-electron chi connectivity index (χ4n) is 2.27. The van der Waals surface area contributed by atoms with E-state index in [4.69, 9.17) is 5.73 Å². The van der Waals surface area contributed by atoms with Gasteiger partial charge in [0.15, 0.2) is 0 Å². The lowest BCUT2D eigenvalue weighted by Crippen LogP contribution is -2.43. The molecule has 1 atom stereocenters. The first-order chi connectivity index (χ1) is 7.79. The largest absolute Gasteiger partial charge is 0.329 e. The molecule has 16 heavy (non-hydrogen) atoms. The summed E-state index contributed by atoms with van der Waals surface area (Å²) in [5.41, 5.74) is 7.07. The summed E-state index contributed by atoms with van der Waals surface area (Å²) in [5, 5.41) is 0. The van der Waals surface area contributed by atoms with Crippen molar-refractivity contribution in [3.8, 4) is 0 Å². The highest BCUT2D eigenvalue weighted by Crippen LogP contribution is 2.19. The third-order valence-corrected chi connectivity index (χ3v) is 3.66. The molecule has 1 saturated heterocycles. The van der Waals surface area contributed by atoms with Crippen molar-refractivity contribution in [3.05, 3.63) is 28.5 Å². The second kappa shape index (κ2) is 5.75. The van der Waals surface area contributed by atoms with Crippen LogP contribution in [0.15, 0.2) is 22.9 Å². The molecule has 0 saturated carbocycles. The predicted octanol–water partition coefficient (Wildman–Crippen LogP) is 2.16. The standard InChI is InChI=1S/C12H18BrN3/c13-12-5-4-10(8-15-12)9-16-6-2-1-3-11(16)7-14/h4-5,8,11H,1-3,6-7,9,14H2/t11-/m0/s1. The summed E-state index contributed by atoms with van der Waals surface area (Å²) in [7, 11) is 0. The minimum Gasteiger partial charge on any atom is -0.329 e. The van der Waals surface area contributed by atoms with Gasteiger partial charge in [0, 0.05) is 25.3 Å². The first-order valence-electron chi connectivity index (χ1n) is 5.84. The van der Waals surface area contributed by atoms with Gasteiger partial charge in [-0.05, 0) is 46.9 Å². The molecule has 1 aromatic rings. The number of aromatic nitrogens is 1. The minimum absolute atomic E-state index is 0.553. The van der Waals surface area contributed by atoms with E-state index in [-0.39, 0.29) is 0 Å². The third-order valence-electron chi connectivity index (χ3n) is 3.20. The third kappa shape index (κ3) is 3.03. The van der Waals surface area contributed by atoms with Crippen LogP contribution in [0.3, 0.4) is 0 Å². The van der Waals surface area contributed by atoms with Crippen LogP contribution < -0.4 is 5.73 Å². The Bertz CT molecular complexity index is 326. The molecule has 0 radical (unpaired) electrons. The molecule has 0 aromatic carbocycles. The lowest BCUT2D eigenvalue weighted by atomic mass is 10.0. The number of hydrogen-bond acceptors (Lipinski definition) is 3. The minimum atomic E-state index is 0.553. The smallest absolute Gasteiger partial charge is 0.106 e. The summed E-state index contributed by atoms with van der Waals surface area (Å²) in [6, 6.07) is 4.67. The van der Waals surface area contributed by atoms with E-state index < -0.39 is 0 Å². The van der Waals surface area contributed by atoms with Gasteiger partial charge in [-0.1, -0.05) is 12.5 Å². The van der Waals surface area contributed by atoms with Crippen LogP contribution in [0, 0.1) is 0 Å². The van der Waals surface area contributed by atoms with Gasteiger partial charge in [0.2, 0.25) is 0 Å². The van der Waals surface area contributed by atoms with Crippen molar-refractivity contribution in [2.75, 3.05) is 13.1 Å². The lowest BCUT2D eigenvalue weighted by molar-refractivity contribution is 0.144. The maximum Gasteiger partial charge on any atom is 0.106 e. The summed E-state index contributed by atoms with van der Waals surface area (Å²) in [4.78, 5) is 6.73. The highest BCUT2D eigenvalue weighted by Gasteiger charge is 2.20. The molecule has 1 aliphatic rings. The lowest BCUT2D eigenvalue weighted by Gasteiger charge is -2.34. The van der Waals surface area contributed by atoms with Crippen molar-refractivity contribution in [2.24, 2.45) is 5.73 Å². The summed E-state index contributed by atoms with van der Waals surface area (Å²) in [5.74, 6) is 0. The molecule has 2 N–H and O–H groups in total. The zero-order chi connectivity index (χ0) is 11.4. The Morgan fingerprint density at radius 2 is 2.31 bits per heavy atom. The van der Waals surface area contributed by atoms with Gasteiger partial charge in [0.05, 0.1) is 0 Å². The number of rotatable bonds is 3. The Hall–Kier alpha value is -0.450. The predicted molar refractivity (Wildman–Crippen MR) is 69.0 cm³/mol. The first-order valence-corrected chi connectivity index (χ1v) is 6.63. The van der Waals surface area contributed by atoms with Gasteiger partial charge >= 0.3 is 0 Å². The van der Waals surface area contributed by atoms with E-state index >= 15 is 0 Å². The van der Waals surface area contributed by atoms with Crippen molar-refractivity contribution < 1.29 is 0 Å². The van der Waals surface area contributed by atoms with Gasteiger partial charge in [-0.15, -0.1) is 0 Å². The van der Waals surface area contributed by atoms with Crippen LogP contribution in [0.5, 0.6) is 0 Å². The normalized spacial score (nSPS) is 22.2. The number of hydrogen-bond donors (Lipinski definition) is 1. The molecule has 1 aromatic heterocycles. The Kier molecular flexibility index (Phi) is 4.32. The molecule has 0 spiro atoms. The molecule has 0 unspecified atom stereocenters. The van der Waals surface area contributed by atoms with Crippen molar-refractivity contribution >= 4 is 15.9 Å². The van der Waals surface area contributed by atoms with Crippen LogP contribution in [-0.4, -0.2) is 29.0 Å². The number of nitrogens with two attached hydrogens (primary N) is 1. The van der Waals surface area contributed by atoms with Crippen LogP contribution in [0.25, 0.3) is 0 Å². The maximum atomic E-state index is 5.81. The zero-order valence-corrected chi connectivity index (χ0v) is 11.0. The highest BCUT2D eigenvalue weighted by molar-refractivity contribution is 9.10. The number of likely N-dealkylation sites (tertiary alicyclic amines) is 1. The Labute approximate surface area is 105 Å². The molecule has 0 aliphatic carbocycles. The van der Waals surface area contributed by atoms with Crippen molar-refractivity contribution in [3.63, 3.8) is 0 Å². The first kappa shape index (κ1) is 12.0. The van der Waals surface area contributed by atoms with E-state index in [2.05, 4.69) is 31.9 Å². The molecule has 4 heteroatoms. The monoisotopic (exact) mass is 283 g/mol. The number of nitrogens with zero attached hydrogens (tertiary/aromatic N) is 2. The Morgan fingerprint density at radius 3 is 3.00 bits per heavy atom. The number of halogens is 1. The molecular weight excluding hydrogens is 266 g/mol. The van der Waals surface area contributed by atoms with Crippen molar-refractivity contribution in [2.45, 2.75) is 31.8 Å². The van der Waals surface area contributed by atoms with Gasteiger partial charge < -0.3 is 5.73 Å². The van der Waals surface area contributed by atoms with Crippen LogP contribution in [0.2, 0.25) is 0 Å². The van der Waals surface area contributed by atoms with Crippen LogP contribution in [-0.2, 0) is 6.54 Å². The summed E-state index contributed by atoms with van der Waals surface area (Å²) < 4.78 is 0.894. The molecule has 3 nitrogen and oxygen atoms in total. The van der Waals surface area contributed by atoms with Crippen molar-refractivity contribution in [1.82, 2.24) is 9.88 Å². The topological polar surface area (TPSA) is 42.1 Å². The average Bonchev–Trinajstić information content (AvgIpc) is 2.33. The van der Waals surface area contributed by atoms with E-state index in [0.717, 1.165) is 24.2 Å². The summed E-state index contributed by atoms with van der Waals surface area (Å²) in [6.45, 7) is 2.91. The fraction of sp³-hybridized carbons (Fsp3) is 0.583. The molecule has 88 valence electrons. The van der Waals surface area contributed by atoms with Gasteiger partial charge in [-0.25, -0.2) is 4.98 Å². The molecule has 2 heterocycles. The molecule has 1 fully saturated rings. The number of piperidine rings is 1. The SMILES string of the molecule is NC[C@@H]1CCCCN1Cc1ccc(Br)nc1. The van der Waals surface area contributed by atoms with E-state index in [0.29, 0.717) is 6.04 Å². The zero-order valence-electron chi connectivity index (χ0n) is 9.40. The second-order valence-corrected chi connectivity index (χ2v) is 5.16. The molecular formula is C12H18BrN3. The van der Waals surface area contributed by atoms with Crippen LogP contribution >= 0.6 is 15.9 Å². The number of pyridine rings is 1. The fourth-order valence-corrected chi connectivity index (χ4v) is 2.50. The summed E-state index contributed by atoms with van der Waals surface area (Å²) in [6.07, 6.45) is 5.78. The molecule has 0 bridgehead atoms. The van der Waals surface area contributed by atoms with E-state index in [9.17, 15) is 0 Å². The van der Waals surface area contributed by atoms with Gasteiger partial charge in [-0.2, -0.15) is 0 Å². The van der Waals surface area contributed by atoms with E-state index in [1.54, 1.807) is 0 Å². The van der Waals surface area contributed by atoms with Gasteiger partial charge in [0.1, 0.15) is 4.60 Å². The van der Waals surface area contributed by atoms with E-state index in [1.807, 2.05) is 12.3 Å². The van der Waals surface area contributed by atoms with Crippen molar-refractivity contribution in [1.29, 1.82) is 0 Å². The average molecular weight is 284 g/mol. The molecule has 1 aliphatic heterocycles. The highest BCUT2D eigenvalue weighted by atomic mass is 79.9. The van der Waals surface area contributed by atoms with Crippen LogP contribution in [0.1, 0.15) is 24.8 Å². The van der Waals surface area contributed by atoms with E-state index in [1.165, 1.54) is 24.8 Å². The second-order valence-electron chi connectivity index (χ2n) is 4.34. The molecule has 2 rings (SSSR count). The van der Waals surface area contributed by atoms with Crippen LogP contribution in [0.4, 0.5) is 0 Å². The Balaban J connectivity index is 1.99. The maximum absolute atomic E-state index is 5.81. The quantitative estimate of drug-likeness (QED) is 0.865. The van der Waals surface area contributed by atoms with Gasteiger partial charge in [-0.3, -0.25) is 4.90 Å². The summed E-state index contributed by atoms with van der Waals surface area (Å²) >= 11 is 3.35. The Morgan fingerprint density at radius 1 is 1.44 bits per heavy atom. The molecule has 0 amide bonds.